The Kier molecular flexibility index (Phi) is 4.93. The van der Waals surface area contributed by atoms with E-state index in [0.29, 0.717) is 3.97 Å². The topological polar surface area (TPSA) is 59.3 Å². The van der Waals surface area contributed by atoms with Crippen LogP contribution < -0.4 is 0 Å². The SMILES string of the molecule is Cc1ccc(S(=O)(=O)n2c3c(c4c(Cl)c(Cl)ccc42)CCCC3(O)C(F)(F)F)cc1. The van der Waals surface area contributed by atoms with Crippen LogP contribution in [0.2, 0.25) is 10.0 Å². The molecule has 1 aliphatic carbocycles. The van der Waals surface area contributed by atoms with E-state index in [4.69, 9.17) is 23.2 Å². The molecule has 4 nitrogen and oxygen atoms in total. The van der Waals surface area contributed by atoms with Gasteiger partial charge in [-0.3, -0.25) is 0 Å². The summed E-state index contributed by atoms with van der Waals surface area (Å²) in [6, 6.07) is 8.36. The molecule has 1 aromatic heterocycles. The summed E-state index contributed by atoms with van der Waals surface area (Å²) in [4.78, 5) is -0.200. The van der Waals surface area contributed by atoms with Gasteiger partial charge in [0.15, 0.2) is 0 Å². The molecule has 0 fully saturated rings. The fraction of sp³-hybridized carbons (Fsp3) is 0.300. The van der Waals surface area contributed by atoms with Gasteiger partial charge in [-0.25, -0.2) is 12.4 Å². The van der Waals surface area contributed by atoms with Crippen molar-refractivity contribution in [2.75, 3.05) is 0 Å². The quantitative estimate of drug-likeness (QED) is 0.523. The molecule has 1 unspecified atom stereocenters. The number of benzene rings is 2. The van der Waals surface area contributed by atoms with Crippen molar-refractivity contribution in [2.45, 2.75) is 42.9 Å². The first-order chi connectivity index (χ1) is 13.9. The van der Waals surface area contributed by atoms with Gasteiger partial charge < -0.3 is 5.11 Å². The number of aryl methyl sites for hydroxylation is 2. The molecule has 1 aliphatic rings. The normalized spacial score (nSPS) is 19.8. The van der Waals surface area contributed by atoms with E-state index in [1.165, 1.54) is 24.3 Å². The number of rotatable bonds is 2. The van der Waals surface area contributed by atoms with Crippen LogP contribution in [-0.2, 0) is 22.0 Å². The van der Waals surface area contributed by atoms with Crippen LogP contribution in [0.3, 0.4) is 0 Å². The molecule has 160 valence electrons. The lowest BCUT2D eigenvalue weighted by Crippen LogP contribution is -2.46. The van der Waals surface area contributed by atoms with Crippen LogP contribution in [0.1, 0.15) is 29.7 Å². The zero-order chi connectivity index (χ0) is 22.1. The summed E-state index contributed by atoms with van der Waals surface area (Å²) in [6.45, 7) is 1.76. The Balaban J connectivity index is 2.19. The predicted molar refractivity (Wildman–Crippen MR) is 109 cm³/mol. The van der Waals surface area contributed by atoms with Crippen LogP contribution in [-0.4, -0.2) is 23.7 Å². The van der Waals surface area contributed by atoms with E-state index in [0.717, 1.165) is 5.56 Å². The van der Waals surface area contributed by atoms with Crippen molar-refractivity contribution in [3.8, 4) is 0 Å². The van der Waals surface area contributed by atoms with Crippen LogP contribution in [0.15, 0.2) is 41.3 Å². The molecular formula is C20H16Cl2F3NO3S. The highest BCUT2D eigenvalue weighted by Gasteiger charge is 2.59. The van der Waals surface area contributed by atoms with Gasteiger partial charge >= 0.3 is 6.18 Å². The number of aromatic nitrogens is 1. The Morgan fingerprint density at radius 2 is 1.73 bits per heavy atom. The van der Waals surface area contributed by atoms with E-state index in [1.807, 2.05) is 0 Å². The Morgan fingerprint density at radius 3 is 2.33 bits per heavy atom. The molecular weight excluding hydrogens is 462 g/mol. The lowest BCUT2D eigenvalue weighted by Gasteiger charge is -2.35. The number of nitrogens with zero attached hydrogens (tertiary/aromatic N) is 1. The van der Waals surface area contributed by atoms with Gasteiger partial charge in [-0.15, -0.1) is 0 Å². The van der Waals surface area contributed by atoms with Crippen LogP contribution in [0.25, 0.3) is 10.9 Å². The zero-order valence-electron chi connectivity index (χ0n) is 15.6. The first-order valence-electron chi connectivity index (χ1n) is 9.02. The Morgan fingerprint density at radius 1 is 1.10 bits per heavy atom. The molecule has 2 aromatic carbocycles. The second-order valence-corrected chi connectivity index (χ2v) is 9.95. The predicted octanol–water partition coefficient (Wildman–Crippen LogP) is 5.58. The van der Waals surface area contributed by atoms with Gasteiger partial charge in [0.1, 0.15) is 0 Å². The lowest BCUT2D eigenvalue weighted by atomic mass is 9.82. The van der Waals surface area contributed by atoms with Crippen LogP contribution in [0.5, 0.6) is 0 Å². The maximum Gasteiger partial charge on any atom is 0.422 e. The first-order valence-corrected chi connectivity index (χ1v) is 11.2. The van der Waals surface area contributed by atoms with E-state index in [1.54, 1.807) is 19.1 Å². The number of alkyl halides is 3. The smallest absolute Gasteiger partial charge is 0.375 e. The second-order valence-electron chi connectivity index (χ2n) is 7.38. The summed E-state index contributed by atoms with van der Waals surface area (Å²) >= 11 is 12.4. The minimum absolute atomic E-state index is 0.00947. The maximum atomic E-state index is 14.0. The van der Waals surface area contributed by atoms with E-state index in [9.17, 15) is 26.7 Å². The molecule has 0 spiro atoms. The molecule has 1 atom stereocenters. The van der Waals surface area contributed by atoms with Crippen molar-refractivity contribution in [1.82, 2.24) is 3.97 Å². The third-order valence-corrected chi connectivity index (χ3v) is 8.00. The fourth-order valence-electron chi connectivity index (χ4n) is 4.00. The van der Waals surface area contributed by atoms with Gasteiger partial charge in [-0.05, 0) is 56.0 Å². The third-order valence-electron chi connectivity index (χ3n) is 5.47. The molecule has 0 saturated heterocycles. The number of hydrogen-bond acceptors (Lipinski definition) is 3. The standard InChI is InChI=1S/C20H16Cl2F3NO3S/c1-11-4-6-12(7-5-11)30(28,29)26-15-9-8-14(21)17(22)16(15)13-3-2-10-19(27,18(13)26)20(23,24)25/h4-9,27H,2-3,10H2,1H3. The molecule has 1 heterocycles. The van der Waals surface area contributed by atoms with Crippen LogP contribution >= 0.6 is 23.2 Å². The summed E-state index contributed by atoms with van der Waals surface area (Å²) in [6.07, 6.45) is -5.61. The molecule has 0 bridgehead atoms. The Bertz CT molecular complexity index is 1270. The number of hydrogen-bond donors (Lipinski definition) is 1. The van der Waals surface area contributed by atoms with Gasteiger partial charge in [0.2, 0.25) is 5.60 Å². The summed E-state index contributed by atoms with van der Waals surface area (Å²) in [5.74, 6) is 0. The number of aliphatic hydroxyl groups is 1. The molecule has 1 N–H and O–H groups in total. The summed E-state index contributed by atoms with van der Waals surface area (Å²) in [5, 5.41) is 10.9. The van der Waals surface area contributed by atoms with E-state index in [-0.39, 0.29) is 44.2 Å². The molecule has 4 rings (SSSR count). The summed E-state index contributed by atoms with van der Waals surface area (Å²) < 4.78 is 69.7. The van der Waals surface area contributed by atoms with Gasteiger partial charge in [0.05, 0.1) is 26.2 Å². The fourth-order valence-corrected chi connectivity index (χ4v) is 6.03. The molecule has 3 aromatic rings. The monoisotopic (exact) mass is 477 g/mol. The summed E-state index contributed by atoms with van der Waals surface area (Å²) in [5.41, 5.74) is -3.29. The minimum atomic E-state index is -5.09. The van der Waals surface area contributed by atoms with Crippen molar-refractivity contribution in [2.24, 2.45) is 0 Å². The average Bonchev–Trinajstić information content (AvgIpc) is 3.01. The summed E-state index contributed by atoms with van der Waals surface area (Å²) in [7, 11) is -4.49. The third kappa shape index (κ3) is 2.96. The van der Waals surface area contributed by atoms with Crippen molar-refractivity contribution in [3.63, 3.8) is 0 Å². The number of halogens is 5. The highest BCUT2D eigenvalue weighted by Crippen LogP contribution is 2.51. The first kappa shape index (κ1) is 21.5. The van der Waals surface area contributed by atoms with Crippen molar-refractivity contribution < 1.29 is 26.7 Å². The van der Waals surface area contributed by atoms with Crippen molar-refractivity contribution in [1.29, 1.82) is 0 Å². The van der Waals surface area contributed by atoms with Crippen LogP contribution in [0, 0.1) is 6.92 Å². The molecule has 0 radical (unpaired) electrons. The van der Waals surface area contributed by atoms with Crippen LogP contribution in [0.4, 0.5) is 13.2 Å². The van der Waals surface area contributed by atoms with Gasteiger partial charge in [-0.2, -0.15) is 13.2 Å². The number of fused-ring (bicyclic) bond motifs is 3. The lowest BCUT2D eigenvalue weighted by molar-refractivity contribution is -0.273. The van der Waals surface area contributed by atoms with E-state index in [2.05, 4.69) is 0 Å². The molecule has 0 saturated carbocycles. The van der Waals surface area contributed by atoms with Gasteiger partial charge in [0.25, 0.3) is 10.0 Å². The van der Waals surface area contributed by atoms with E-state index < -0.39 is 33.9 Å². The highest BCUT2D eigenvalue weighted by atomic mass is 35.5. The van der Waals surface area contributed by atoms with Crippen molar-refractivity contribution >= 4 is 44.1 Å². The molecule has 10 heteroatoms. The largest absolute Gasteiger partial charge is 0.422 e. The van der Waals surface area contributed by atoms with E-state index >= 15 is 0 Å². The molecule has 0 aliphatic heterocycles. The van der Waals surface area contributed by atoms with Crippen molar-refractivity contribution in [3.05, 3.63) is 63.3 Å². The highest BCUT2D eigenvalue weighted by molar-refractivity contribution is 7.90. The molecule has 30 heavy (non-hydrogen) atoms. The Labute approximate surface area is 180 Å². The van der Waals surface area contributed by atoms with Gasteiger partial charge in [0, 0.05) is 5.39 Å². The molecule has 0 amide bonds. The Hall–Kier alpha value is -1.74. The van der Waals surface area contributed by atoms with Gasteiger partial charge in [-0.1, -0.05) is 40.9 Å². The maximum absolute atomic E-state index is 14.0. The second kappa shape index (κ2) is 6.88. The average molecular weight is 478 g/mol. The zero-order valence-corrected chi connectivity index (χ0v) is 17.9. The minimum Gasteiger partial charge on any atom is -0.375 e.